The highest BCUT2D eigenvalue weighted by Crippen LogP contribution is 2.24. The van der Waals surface area contributed by atoms with Crippen LogP contribution in [-0.4, -0.2) is 0 Å². The Kier molecular flexibility index (Phi) is 3.86. The van der Waals surface area contributed by atoms with Gasteiger partial charge in [-0.25, -0.2) is 0 Å². The van der Waals surface area contributed by atoms with Gasteiger partial charge in [0, 0.05) is 5.25 Å². The van der Waals surface area contributed by atoms with Gasteiger partial charge in [-0.05, 0) is 37.0 Å². The lowest BCUT2D eigenvalue weighted by molar-refractivity contribution is 0.914. The van der Waals surface area contributed by atoms with Crippen molar-refractivity contribution in [1.29, 1.82) is 0 Å². The first-order valence-electron chi connectivity index (χ1n) is 4.92. The molecule has 1 rings (SSSR count). The molecule has 0 aromatic heterocycles. The summed E-state index contributed by atoms with van der Waals surface area (Å²) in [7, 11) is 0. The predicted octanol–water partition coefficient (Wildman–Crippen LogP) is 3.94. The fourth-order valence-electron chi connectivity index (χ4n) is 1.58. The van der Waals surface area contributed by atoms with Gasteiger partial charge in [-0.3, -0.25) is 0 Å². The van der Waals surface area contributed by atoms with Gasteiger partial charge in [0.15, 0.2) is 0 Å². The molecule has 0 aliphatic carbocycles. The molecular weight excluding hydrogens is 176 g/mol. The number of rotatable bonds is 3. The Balaban J connectivity index is 2.97. The van der Waals surface area contributed by atoms with E-state index in [9.17, 15) is 0 Å². The minimum absolute atomic E-state index is 0.344. The average molecular weight is 194 g/mol. The van der Waals surface area contributed by atoms with E-state index in [-0.39, 0.29) is 0 Å². The van der Waals surface area contributed by atoms with Crippen molar-refractivity contribution < 1.29 is 0 Å². The quantitative estimate of drug-likeness (QED) is 0.692. The second kappa shape index (κ2) is 4.71. The first-order valence-corrected chi connectivity index (χ1v) is 5.44. The van der Waals surface area contributed by atoms with E-state index in [2.05, 4.69) is 51.6 Å². The molecule has 0 aliphatic heterocycles. The fraction of sp³-hybridized carbons (Fsp3) is 0.500. The molecule has 0 radical (unpaired) electrons. The molecule has 0 fully saturated rings. The zero-order valence-electron chi connectivity index (χ0n) is 8.67. The second-order valence-corrected chi connectivity index (χ2v) is 4.39. The topological polar surface area (TPSA) is 0 Å². The number of hydrogen-bond donors (Lipinski definition) is 1. The van der Waals surface area contributed by atoms with E-state index in [0.29, 0.717) is 5.25 Å². The normalized spacial score (nSPS) is 12.9. The van der Waals surface area contributed by atoms with E-state index >= 15 is 0 Å². The molecule has 0 aliphatic rings. The summed E-state index contributed by atoms with van der Waals surface area (Å²) < 4.78 is 0. The van der Waals surface area contributed by atoms with Gasteiger partial charge in [-0.1, -0.05) is 31.5 Å². The number of benzene rings is 1. The van der Waals surface area contributed by atoms with Crippen molar-refractivity contribution in [3.05, 3.63) is 34.9 Å². The van der Waals surface area contributed by atoms with Crippen LogP contribution in [0.4, 0.5) is 0 Å². The Labute approximate surface area is 86.8 Å². The number of aryl methyl sites for hydroxylation is 2. The average Bonchev–Trinajstić information content (AvgIpc) is 2.08. The molecule has 72 valence electrons. The van der Waals surface area contributed by atoms with Crippen molar-refractivity contribution in [2.75, 3.05) is 0 Å². The highest BCUT2D eigenvalue weighted by molar-refractivity contribution is 7.80. The van der Waals surface area contributed by atoms with Crippen LogP contribution >= 0.6 is 12.6 Å². The minimum atomic E-state index is 0.344. The number of thiol groups is 1. The maximum Gasteiger partial charge on any atom is 0.0241 e. The Morgan fingerprint density at radius 2 is 2.08 bits per heavy atom. The highest BCUT2D eigenvalue weighted by Gasteiger charge is 2.04. The molecular formula is C12H18S. The molecule has 1 aromatic carbocycles. The van der Waals surface area contributed by atoms with Gasteiger partial charge in [-0.2, -0.15) is 12.6 Å². The molecule has 0 bridgehead atoms. The van der Waals surface area contributed by atoms with Crippen molar-refractivity contribution >= 4 is 12.6 Å². The zero-order chi connectivity index (χ0) is 9.84. The van der Waals surface area contributed by atoms with Gasteiger partial charge in [0.2, 0.25) is 0 Å². The van der Waals surface area contributed by atoms with Crippen molar-refractivity contribution in [2.45, 2.75) is 38.9 Å². The first-order chi connectivity index (χ1) is 6.15. The molecule has 1 heteroatoms. The minimum Gasteiger partial charge on any atom is -0.171 e. The molecule has 0 spiro atoms. The van der Waals surface area contributed by atoms with Gasteiger partial charge in [0.05, 0.1) is 0 Å². The first kappa shape index (κ1) is 10.6. The molecule has 0 N–H and O–H groups in total. The Bertz CT molecular complexity index is 276. The van der Waals surface area contributed by atoms with Crippen LogP contribution in [0.1, 0.15) is 42.2 Å². The summed E-state index contributed by atoms with van der Waals surface area (Å²) >= 11 is 4.47. The third-order valence-electron chi connectivity index (χ3n) is 2.33. The summed E-state index contributed by atoms with van der Waals surface area (Å²) in [4.78, 5) is 0. The van der Waals surface area contributed by atoms with E-state index in [1.54, 1.807) is 0 Å². The molecule has 1 atom stereocenters. The molecule has 0 nitrogen and oxygen atoms in total. The Morgan fingerprint density at radius 1 is 1.38 bits per heavy atom. The lowest BCUT2D eigenvalue weighted by atomic mass is 10.0. The highest BCUT2D eigenvalue weighted by atomic mass is 32.1. The van der Waals surface area contributed by atoms with E-state index in [1.165, 1.54) is 29.5 Å². The van der Waals surface area contributed by atoms with Crippen LogP contribution in [0.3, 0.4) is 0 Å². The molecule has 0 saturated heterocycles. The van der Waals surface area contributed by atoms with Crippen LogP contribution in [0.5, 0.6) is 0 Å². The Hall–Kier alpha value is -0.430. The lowest BCUT2D eigenvalue weighted by Gasteiger charge is -2.10. The zero-order valence-corrected chi connectivity index (χ0v) is 9.57. The molecule has 0 saturated carbocycles. The third-order valence-corrected chi connectivity index (χ3v) is 2.61. The largest absolute Gasteiger partial charge is 0.171 e. The van der Waals surface area contributed by atoms with E-state index in [4.69, 9.17) is 0 Å². The summed E-state index contributed by atoms with van der Waals surface area (Å²) in [5.74, 6) is 0. The van der Waals surface area contributed by atoms with Gasteiger partial charge < -0.3 is 0 Å². The molecule has 13 heavy (non-hydrogen) atoms. The van der Waals surface area contributed by atoms with Crippen molar-refractivity contribution in [3.63, 3.8) is 0 Å². The summed E-state index contributed by atoms with van der Waals surface area (Å²) in [5, 5.41) is 0.344. The molecule has 0 amide bonds. The van der Waals surface area contributed by atoms with Crippen LogP contribution in [0.2, 0.25) is 0 Å². The molecule has 1 aromatic rings. The van der Waals surface area contributed by atoms with Crippen LogP contribution in [0.15, 0.2) is 18.2 Å². The van der Waals surface area contributed by atoms with E-state index < -0.39 is 0 Å². The lowest BCUT2D eigenvalue weighted by Crippen LogP contribution is -1.92. The van der Waals surface area contributed by atoms with Crippen LogP contribution in [0, 0.1) is 6.92 Å². The van der Waals surface area contributed by atoms with Gasteiger partial charge in [0.1, 0.15) is 0 Å². The summed E-state index contributed by atoms with van der Waals surface area (Å²) in [5.41, 5.74) is 4.15. The molecule has 0 unspecified atom stereocenters. The predicted molar refractivity (Wildman–Crippen MR) is 62.6 cm³/mol. The Morgan fingerprint density at radius 3 is 2.62 bits per heavy atom. The van der Waals surface area contributed by atoms with Crippen molar-refractivity contribution in [3.8, 4) is 0 Å². The maximum absolute atomic E-state index is 4.47. The second-order valence-electron chi connectivity index (χ2n) is 3.62. The van der Waals surface area contributed by atoms with Crippen molar-refractivity contribution in [2.24, 2.45) is 0 Å². The van der Waals surface area contributed by atoms with Gasteiger partial charge in [-0.15, -0.1) is 0 Å². The fourth-order valence-corrected chi connectivity index (χ4v) is 1.86. The van der Waals surface area contributed by atoms with Crippen molar-refractivity contribution in [1.82, 2.24) is 0 Å². The summed E-state index contributed by atoms with van der Waals surface area (Å²) in [6.45, 7) is 6.49. The standard InChI is InChI=1S/C12H18S/c1-4-5-11-7-6-9(2)12(8-11)10(3)13/h6-8,10,13H,4-5H2,1-3H3/t10-/m1/s1. The maximum atomic E-state index is 4.47. The summed E-state index contributed by atoms with van der Waals surface area (Å²) in [6, 6.07) is 6.71. The summed E-state index contributed by atoms with van der Waals surface area (Å²) in [6.07, 6.45) is 2.39. The van der Waals surface area contributed by atoms with Crippen LogP contribution in [0.25, 0.3) is 0 Å². The number of hydrogen-bond acceptors (Lipinski definition) is 1. The molecule has 0 heterocycles. The van der Waals surface area contributed by atoms with E-state index in [0.717, 1.165) is 0 Å². The smallest absolute Gasteiger partial charge is 0.0241 e. The third kappa shape index (κ3) is 2.77. The van der Waals surface area contributed by atoms with Gasteiger partial charge in [0.25, 0.3) is 0 Å². The van der Waals surface area contributed by atoms with Gasteiger partial charge >= 0.3 is 0 Å². The van der Waals surface area contributed by atoms with Crippen LogP contribution in [-0.2, 0) is 6.42 Å². The van der Waals surface area contributed by atoms with E-state index in [1.807, 2.05) is 0 Å². The van der Waals surface area contributed by atoms with Crippen LogP contribution < -0.4 is 0 Å². The monoisotopic (exact) mass is 194 g/mol. The SMILES string of the molecule is CCCc1ccc(C)c([C@@H](C)S)c1.